The number of hydrogen-bond donors (Lipinski definition) is 1. The van der Waals surface area contributed by atoms with Crippen LogP contribution in [-0.4, -0.2) is 9.97 Å². The second-order valence-corrected chi connectivity index (χ2v) is 11.0. The first-order chi connectivity index (χ1) is 20.6. The van der Waals surface area contributed by atoms with E-state index in [2.05, 4.69) is 159 Å². The number of rotatable bonds is 5. The number of nitrogens with one attached hydrogen (secondary N) is 1. The number of aryl methyl sites for hydroxylation is 3. The van der Waals surface area contributed by atoms with Crippen LogP contribution in [0.5, 0.6) is 0 Å². The van der Waals surface area contributed by atoms with E-state index in [9.17, 15) is 0 Å². The molecule has 2 nitrogen and oxygen atoms in total. The van der Waals surface area contributed by atoms with Crippen molar-refractivity contribution in [3.8, 4) is 56.0 Å². The lowest BCUT2D eigenvalue weighted by atomic mass is 9.89. The van der Waals surface area contributed by atoms with Crippen LogP contribution in [0.15, 0.2) is 133 Å². The second-order valence-electron chi connectivity index (χ2n) is 11.0. The summed E-state index contributed by atoms with van der Waals surface area (Å²) in [7, 11) is 0. The van der Waals surface area contributed by atoms with Gasteiger partial charge in [0.1, 0.15) is 0 Å². The van der Waals surface area contributed by atoms with Crippen LogP contribution in [0.25, 0.3) is 66.9 Å². The van der Waals surface area contributed by atoms with Crippen LogP contribution < -0.4 is 0 Å². The Hall–Kier alpha value is -5.21. The van der Waals surface area contributed by atoms with Gasteiger partial charge in [-0.25, -0.2) is 4.98 Å². The smallest absolute Gasteiger partial charge is 0.0812 e. The quantitative estimate of drug-likeness (QED) is 0.231. The largest absolute Gasteiger partial charge is 0.353 e. The number of H-pyrrole nitrogens is 1. The first-order valence-corrected chi connectivity index (χ1v) is 14.5. The molecule has 1 N–H and O–H groups in total. The van der Waals surface area contributed by atoms with Crippen molar-refractivity contribution >= 4 is 10.9 Å². The number of aromatic amines is 1. The molecular weight excluding hydrogens is 508 g/mol. The lowest BCUT2D eigenvalue weighted by Gasteiger charge is -2.18. The van der Waals surface area contributed by atoms with Gasteiger partial charge in [-0.3, -0.25) is 0 Å². The van der Waals surface area contributed by atoms with Crippen LogP contribution in [0.3, 0.4) is 0 Å². The minimum atomic E-state index is 0.988. The van der Waals surface area contributed by atoms with Crippen LogP contribution in [0, 0.1) is 20.8 Å². The molecule has 0 aliphatic heterocycles. The predicted octanol–water partition coefficient (Wildman–Crippen LogP) is 10.8. The van der Waals surface area contributed by atoms with E-state index in [1.54, 1.807) is 0 Å². The lowest BCUT2D eigenvalue weighted by Crippen LogP contribution is -1.98. The van der Waals surface area contributed by atoms with E-state index in [-0.39, 0.29) is 0 Å². The zero-order chi connectivity index (χ0) is 28.6. The van der Waals surface area contributed by atoms with Gasteiger partial charge in [0.2, 0.25) is 0 Å². The molecule has 5 aromatic carbocycles. The Labute approximate surface area is 247 Å². The SMILES string of the molecule is Cc1ccccc1-c1nc(-c2ccccc2C)c2c(-c3ccccc3)c(-c3ccccc3C)[nH]c2c1-c1ccccc1. The number of nitrogens with zero attached hydrogens (tertiary/aromatic N) is 1. The third-order valence-corrected chi connectivity index (χ3v) is 8.29. The van der Waals surface area contributed by atoms with E-state index in [4.69, 9.17) is 4.98 Å². The molecule has 2 heterocycles. The second kappa shape index (κ2) is 10.6. The fourth-order valence-electron chi connectivity index (χ4n) is 6.17. The minimum absolute atomic E-state index is 0.988. The summed E-state index contributed by atoms with van der Waals surface area (Å²) in [5.74, 6) is 0. The molecule has 0 unspecified atom stereocenters. The Balaban J connectivity index is 1.75. The van der Waals surface area contributed by atoms with Crippen LogP contribution in [0.2, 0.25) is 0 Å². The van der Waals surface area contributed by atoms with Crippen LogP contribution in [-0.2, 0) is 0 Å². The minimum Gasteiger partial charge on any atom is -0.353 e. The highest BCUT2D eigenvalue weighted by molar-refractivity contribution is 6.16. The first-order valence-electron chi connectivity index (χ1n) is 14.5. The molecule has 0 aliphatic carbocycles. The molecule has 42 heavy (non-hydrogen) atoms. The molecule has 7 aromatic rings. The Morgan fingerprint density at radius 1 is 0.429 bits per heavy atom. The van der Waals surface area contributed by atoms with Gasteiger partial charge in [-0.2, -0.15) is 0 Å². The highest BCUT2D eigenvalue weighted by Crippen LogP contribution is 2.49. The molecule has 0 fully saturated rings. The molecule has 7 rings (SSSR count). The average Bonchev–Trinajstić information content (AvgIpc) is 3.42. The third-order valence-electron chi connectivity index (χ3n) is 8.29. The molecule has 0 saturated carbocycles. The highest BCUT2D eigenvalue weighted by atomic mass is 14.8. The number of hydrogen-bond acceptors (Lipinski definition) is 1. The van der Waals surface area contributed by atoms with Crippen molar-refractivity contribution in [2.45, 2.75) is 20.8 Å². The molecule has 0 bridgehead atoms. The Kier molecular flexibility index (Phi) is 6.52. The highest BCUT2D eigenvalue weighted by Gasteiger charge is 2.26. The zero-order valence-corrected chi connectivity index (χ0v) is 24.1. The maximum absolute atomic E-state index is 5.63. The van der Waals surface area contributed by atoms with Gasteiger partial charge in [0.15, 0.2) is 0 Å². The van der Waals surface area contributed by atoms with Gasteiger partial charge < -0.3 is 4.98 Å². The van der Waals surface area contributed by atoms with Crippen molar-refractivity contribution in [1.82, 2.24) is 9.97 Å². The van der Waals surface area contributed by atoms with Crippen molar-refractivity contribution in [1.29, 1.82) is 0 Å². The molecule has 0 saturated heterocycles. The number of pyridine rings is 1. The number of aromatic nitrogens is 2. The molecule has 0 atom stereocenters. The van der Waals surface area contributed by atoms with Crippen LogP contribution in [0.4, 0.5) is 0 Å². The Bertz CT molecular complexity index is 2050. The summed E-state index contributed by atoms with van der Waals surface area (Å²) in [6, 6.07) is 47.3. The average molecular weight is 541 g/mol. The summed E-state index contributed by atoms with van der Waals surface area (Å²) < 4.78 is 0. The molecule has 0 amide bonds. The fraction of sp³-hybridized carbons (Fsp3) is 0.0750. The van der Waals surface area contributed by atoms with Gasteiger partial charge in [-0.1, -0.05) is 133 Å². The van der Waals surface area contributed by atoms with Crippen molar-refractivity contribution < 1.29 is 0 Å². The molecule has 0 radical (unpaired) electrons. The number of fused-ring (bicyclic) bond motifs is 1. The van der Waals surface area contributed by atoms with Crippen molar-refractivity contribution in [3.05, 3.63) is 150 Å². The summed E-state index contributed by atoms with van der Waals surface area (Å²) in [5, 5.41) is 1.14. The van der Waals surface area contributed by atoms with E-state index in [0.717, 1.165) is 50.2 Å². The van der Waals surface area contributed by atoms with Gasteiger partial charge in [-0.05, 0) is 48.6 Å². The van der Waals surface area contributed by atoms with Gasteiger partial charge in [0.05, 0.1) is 22.6 Å². The molecule has 202 valence electrons. The summed E-state index contributed by atoms with van der Waals surface area (Å²) in [5.41, 5.74) is 15.9. The summed E-state index contributed by atoms with van der Waals surface area (Å²) >= 11 is 0. The topological polar surface area (TPSA) is 28.7 Å². The summed E-state index contributed by atoms with van der Waals surface area (Å²) in [4.78, 5) is 9.64. The van der Waals surface area contributed by atoms with E-state index in [1.807, 2.05) is 0 Å². The van der Waals surface area contributed by atoms with Crippen LogP contribution >= 0.6 is 0 Å². The maximum atomic E-state index is 5.63. The normalized spacial score (nSPS) is 11.2. The standard InChI is InChI=1S/C40H32N2/c1-26-16-10-13-23-31(26)37-34(29-19-6-4-7-20-29)36-39(33-25-15-12-18-28(33)3)41-38(32-24-14-11-17-27(32)2)35(40(36)42-37)30-21-8-5-9-22-30/h4-25,42H,1-3H3. The lowest BCUT2D eigenvalue weighted by molar-refractivity contribution is 1.31. The van der Waals surface area contributed by atoms with Crippen molar-refractivity contribution in [2.75, 3.05) is 0 Å². The fourth-order valence-corrected chi connectivity index (χ4v) is 6.17. The van der Waals surface area contributed by atoms with Crippen molar-refractivity contribution in [3.63, 3.8) is 0 Å². The Morgan fingerprint density at radius 3 is 1.38 bits per heavy atom. The Morgan fingerprint density at radius 2 is 0.857 bits per heavy atom. The summed E-state index contributed by atoms with van der Waals surface area (Å²) in [6.45, 7) is 6.54. The third kappa shape index (κ3) is 4.33. The first kappa shape index (κ1) is 25.7. The molecule has 2 aromatic heterocycles. The van der Waals surface area contributed by atoms with Crippen LogP contribution in [0.1, 0.15) is 16.7 Å². The molecule has 0 spiro atoms. The maximum Gasteiger partial charge on any atom is 0.0812 e. The molecular formula is C40H32N2. The van der Waals surface area contributed by atoms with Gasteiger partial charge in [0, 0.05) is 33.2 Å². The van der Waals surface area contributed by atoms with Crippen molar-refractivity contribution in [2.24, 2.45) is 0 Å². The van der Waals surface area contributed by atoms with E-state index < -0.39 is 0 Å². The number of benzene rings is 5. The van der Waals surface area contributed by atoms with Gasteiger partial charge in [0.25, 0.3) is 0 Å². The zero-order valence-electron chi connectivity index (χ0n) is 24.1. The molecule has 2 heteroatoms. The van der Waals surface area contributed by atoms with E-state index >= 15 is 0 Å². The van der Waals surface area contributed by atoms with Gasteiger partial charge in [-0.15, -0.1) is 0 Å². The van der Waals surface area contributed by atoms with Gasteiger partial charge >= 0.3 is 0 Å². The van der Waals surface area contributed by atoms with E-state index in [1.165, 1.54) is 33.4 Å². The molecule has 0 aliphatic rings. The summed E-state index contributed by atoms with van der Waals surface area (Å²) in [6.07, 6.45) is 0. The monoisotopic (exact) mass is 540 g/mol. The predicted molar refractivity (Wildman–Crippen MR) is 177 cm³/mol. The van der Waals surface area contributed by atoms with E-state index in [0.29, 0.717) is 0 Å².